The largest absolute Gasteiger partial charge is 0.481 e. The summed E-state index contributed by atoms with van der Waals surface area (Å²) in [5.74, 6) is 0.721. The SMILES string of the molecule is COc1cccc(-c2nnc(NS(=O)(=O)C(C)C(OC)c3ncc(Cl)cn3)n2CCC#N)n1. The van der Waals surface area contributed by atoms with E-state index >= 15 is 0 Å². The van der Waals surface area contributed by atoms with Crippen molar-refractivity contribution in [1.82, 2.24) is 29.7 Å². The summed E-state index contributed by atoms with van der Waals surface area (Å²) in [6.07, 6.45) is 1.83. The van der Waals surface area contributed by atoms with Crippen LogP contribution in [0.25, 0.3) is 11.5 Å². The van der Waals surface area contributed by atoms with Crippen molar-refractivity contribution in [3.63, 3.8) is 0 Å². The highest BCUT2D eigenvalue weighted by molar-refractivity contribution is 7.93. The van der Waals surface area contributed by atoms with E-state index in [4.69, 9.17) is 26.3 Å². The van der Waals surface area contributed by atoms with Gasteiger partial charge in [0.1, 0.15) is 17.0 Å². The van der Waals surface area contributed by atoms with Gasteiger partial charge in [0.2, 0.25) is 21.9 Å². The molecule has 0 saturated heterocycles. The van der Waals surface area contributed by atoms with E-state index in [2.05, 4.69) is 29.9 Å². The molecular weight excluding hydrogens is 472 g/mol. The maximum Gasteiger partial charge on any atom is 0.240 e. The predicted molar refractivity (Wildman–Crippen MR) is 119 cm³/mol. The summed E-state index contributed by atoms with van der Waals surface area (Å²) in [6.45, 7) is 1.59. The number of halogens is 1. The van der Waals surface area contributed by atoms with Gasteiger partial charge in [0, 0.05) is 32.1 Å². The Hall–Kier alpha value is -3.34. The van der Waals surface area contributed by atoms with Crippen molar-refractivity contribution >= 4 is 27.6 Å². The Balaban J connectivity index is 1.94. The third-order valence-electron chi connectivity index (χ3n) is 4.66. The number of nitrogens with one attached hydrogen (secondary N) is 1. The van der Waals surface area contributed by atoms with E-state index in [0.717, 1.165) is 0 Å². The average molecular weight is 493 g/mol. The minimum Gasteiger partial charge on any atom is -0.481 e. The van der Waals surface area contributed by atoms with Crippen LogP contribution in [0.15, 0.2) is 30.6 Å². The van der Waals surface area contributed by atoms with E-state index < -0.39 is 21.4 Å². The number of ether oxygens (including phenoxy) is 2. The molecule has 0 radical (unpaired) electrons. The van der Waals surface area contributed by atoms with Gasteiger partial charge in [-0.3, -0.25) is 9.29 Å². The summed E-state index contributed by atoms with van der Waals surface area (Å²) in [4.78, 5) is 12.4. The highest BCUT2D eigenvalue weighted by atomic mass is 35.5. The number of sulfonamides is 1. The lowest BCUT2D eigenvalue weighted by Gasteiger charge is -2.22. The number of nitrogens with zero attached hydrogens (tertiary/aromatic N) is 7. The van der Waals surface area contributed by atoms with E-state index in [-0.39, 0.29) is 30.6 Å². The number of hydrogen-bond donors (Lipinski definition) is 1. The van der Waals surface area contributed by atoms with Gasteiger partial charge < -0.3 is 9.47 Å². The predicted octanol–water partition coefficient (Wildman–Crippen LogP) is 2.22. The van der Waals surface area contributed by atoms with Gasteiger partial charge in [-0.1, -0.05) is 17.7 Å². The molecule has 3 aromatic heterocycles. The van der Waals surface area contributed by atoms with Gasteiger partial charge >= 0.3 is 0 Å². The Morgan fingerprint density at radius 2 is 1.97 bits per heavy atom. The molecule has 2 atom stereocenters. The summed E-state index contributed by atoms with van der Waals surface area (Å²) in [7, 11) is -1.22. The minimum absolute atomic E-state index is 0.0661. The molecule has 174 valence electrons. The summed E-state index contributed by atoms with van der Waals surface area (Å²) >= 11 is 5.82. The van der Waals surface area contributed by atoms with Gasteiger partial charge in [0.25, 0.3) is 0 Å². The molecule has 2 unspecified atom stereocenters. The molecule has 0 aliphatic heterocycles. The molecule has 0 aliphatic carbocycles. The monoisotopic (exact) mass is 492 g/mol. The number of nitriles is 1. The zero-order valence-corrected chi connectivity index (χ0v) is 19.6. The Morgan fingerprint density at radius 3 is 2.61 bits per heavy atom. The number of hydrogen-bond acceptors (Lipinski definition) is 10. The molecule has 14 heteroatoms. The van der Waals surface area contributed by atoms with Crippen LogP contribution in [-0.2, 0) is 21.3 Å². The van der Waals surface area contributed by atoms with Crippen LogP contribution in [0.2, 0.25) is 5.02 Å². The fourth-order valence-corrected chi connectivity index (χ4v) is 4.20. The second-order valence-electron chi connectivity index (χ2n) is 6.74. The maximum absolute atomic E-state index is 13.2. The molecule has 0 fully saturated rings. The lowest BCUT2D eigenvalue weighted by molar-refractivity contribution is 0.0950. The van der Waals surface area contributed by atoms with E-state index in [1.54, 1.807) is 18.2 Å². The van der Waals surface area contributed by atoms with Crippen LogP contribution < -0.4 is 9.46 Å². The van der Waals surface area contributed by atoms with E-state index in [1.165, 1.54) is 38.1 Å². The molecule has 0 bridgehead atoms. The maximum atomic E-state index is 13.2. The first-order valence-electron chi connectivity index (χ1n) is 9.64. The Morgan fingerprint density at radius 1 is 1.24 bits per heavy atom. The van der Waals surface area contributed by atoms with E-state index in [0.29, 0.717) is 16.6 Å². The molecule has 12 nitrogen and oxygen atoms in total. The van der Waals surface area contributed by atoms with Crippen LogP contribution in [-0.4, -0.2) is 57.6 Å². The van der Waals surface area contributed by atoms with Crippen LogP contribution in [0.5, 0.6) is 5.88 Å². The summed E-state index contributed by atoms with van der Waals surface area (Å²) < 4.78 is 40.7. The fourth-order valence-electron chi connectivity index (χ4n) is 2.95. The Labute approximate surface area is 195 Å². The van der Waals surface area contributed by atoms with Gasteiger partial charge in [0.05, 0.1) is 24.6 Å². The molecule has 3 rings (SSSR count). The molecule has 1 N–H and O–H groups in total. The molecule has 0 amide bonds. The molecule has 0 aromatic carbocycles. The summed E-state index contributed by atoms with van der Waals surface area (Å²) in [6, 6.07) is 7.08. The van der Waals surface area contributed by atoms with Crippen LogP contribution >= 0.6 is 11.6 Å². The fraction of sp³-hybridized carbons (Fsp3) is 0.368. The Kier molecular flexibility index (Phi) is 7.75. The van der Waals surface area contributed by atoms with Crippen molar-refractivity contribution in [3.05, 3.63) is 41.4 Å². The zero-order valence-electron chi connectivity index (χ0n) is 18.0. The summed E-state index contributed by atoms with van der Waals surface area (Å²) in [5, 5.41) is 16.3. The van der Waals surface area contributed by atoms with Gasteiger partial charge in [0.15, 0.2) is 11.6 Å². The highest BCUT2D eigenvalue weighted by Crippen LogP contribution is 2.26. The lowest BCUT2D eigenvalue weighted by Crippen LogP contribution is -2.33. The van der Waals surface area contributed by atoms with Crippen molar-refractivity contribution in [3.8, 4) is 23.5 Å². The Bertz CT molecular complexity index is 1240. The topological polar surface area (TPSA) is 158 Å². The van der Waals surface area contributed by atoms with Gasteiger partial charge in [-0.15, -0.1) is 10.2 Å². The quantitative estimate of drug-likeness (QED) is 0.444. The van der Waals surface area contributed by atoms with Crippen molar-refractivity contribution in [1.29, 1.82) is 5.26 Å². The number of aromatic nitrogens is 6. The van der Waals surface area contributed by atoms with Crippen LogP contribution in [0, 0.1) is 11.3 Å². The standard InChI is InChI=1S/C19H21ClN8O4S/c1-12(16(32-3)17-22-10-13(20)11-23-17)33(29,30)27-19-26-25-18(28(19)9-5-8-21)14-6-4-7-15(24-14)31-2/h4,6-7,10-12,16H,5,9H2,1-3H3,(H,26,27). The van der Waals surface area contributed by atoms with Crippen LogP contribution in [0.3, 0.4) is 0 Å². The van der Waals surface area contributed by atoms with Crippen LogP contribution in [0.4, 0.5) is 5.95 Å². The van der Waals surface area contributed by atoms with E-state index in [9.17, 15) is 8.42 Å². The second-order valence-corrected chi connectivity index (χ2v) is 9.21. The molecule has 33 heavy (non-hydrogen) atoms. The third kappa shape index (κ3) is 5.54. The molecule has 0 aliphatic rings. The van der Waals surface area contributed by atoms with Crippen molar-refractivity contribution in [2.24, 2.45) is 0 Å². The number of pyridine rings is 1. The highest BCUT2D eigenvalue weighted by Gasteiger charge is 2.34. The molecule has 0 spiro atoms. The minimum atomic E-state index is -4.05. The first-order chi connectivity index (χ1) is 15.8. The van der Waals surface area contributed by atoms with Gasteiger partial charge in [-0.2, -0.15) is 5.26 Å². The molecule has 0 saturated carbocycles. The first-order valence-corrected chi connectivity index (χ1v) is 11.6. The second kappa shape index (κ2) is 10.5. The number of methoxy groups -OCH3 is 2. The summed E-state index contributed by atoms with van der Waals surface area (Å²) in [5.41, 5.74) is 0.405. The zero-order chi connectivity index (χ0) is 24.0. The van der Waals surface area contributed by atoms with Crippen molar-refractivity contribution in [2.45, 2.75) is 31.2 Å². The molecule has 3 aromatic rings. The third-order valence-corrected chi connectivity index (χ3v) is 6.55. The first kappa shape index (κ1) is 24.3. The number of anilines is 1. The van der Waals surface area contributed by atoms with Crippen molar-refractivity contribution < 1.29 is 17.9 Å². The smallest absolute Gasteiger partial charge is 0.240 e. The normalized spacial score (nSPS) is 13.2. The number of rotatable bonds is 10. The van der Waals surface area contributed by atoms with Gasteiger partial charge in [-0.05, 0) is 13.0 Å². The van der Waals surface area contributed by atoms with Gasteiger partial charge in [-0.25, -0.2) is 23.4 Å². The van der Waals surface area contributed by atoms with Crippen LogP contribution in [0.1, 0.15) is 25.3 Å². The average Bonchev–Trinajstić information content (AvgIpc) is 3.20. The molecule has 3 heterocycles. The lowest BCUT2D eigenvalue weighted by atomic mass is 10.2. The van der Waals surface area contributed by atoms with Crippen molar-refractivity contribution in [2.75, 3.05) is 18.9 Å². The van der Waals surface area contributed by atoms with E-state index in [1.807, 2.05) is 6.07 Å². The molecular formula is C19H21ClN8O4S.